The van der Waals surface area contributed by atoms with E-state index in [0.29, 0.717) is 38.5 Å². The molecule has 0 aromatic carbocycles. The fourth-order valence-corrected chi connectivity index (χ4v) is 6.71. The molecule has 0 aromatic rings. The minimum absolute atomic E-state index is 0.184. The van der Waals surface area contributed by atoms with Crippen molar-refractivity contribution >= 4 is 17.9 Å². The molecule has 0 heterocycles. The predicted molar refractivity (Wildman–Crippen MR) is 93.5 cm³/mol. The molecule has 3 saturated carbocycles. The Morgan fingerprint density at radius 1 is 1.04 bits per heavy atom. The molecule has 6 heteroatoms. The van der Waals surface area contributed by atoms with Crippen LogP contribution >= 0.6 is 0 Å². The Balaban J connectivity index is 2.12. The molecule has 0 aromatic heterocycles. The van der Waals surface area contributed by atoms with Crippen LogP contribution in [0.5, 0.6) is 0 Å². The number of aliphatic carboxylic acids is 3. The fourth-order valence-electron chi connectivity index (χ4n) is 6.71. The highest BCUT2D eigenvalue weighted by Crippen LogP contribution is 2.66. The topological polar surface area (TPSA) is 112 Å². The smallest absolute Gasteiger partial charge is 0.310 e. The maximum Gasteiger partial charge on any atom is 0.310 e. The Morgan fingerprint density at radius 2 is 1.69 bits per heavy atom. The van der Waals surface area contributed by atoms with E-state index < -0.39 is 40.1 Å². The van der Waals surface area contributed by atoms with Crippen LogP contribution in [-0.4, -0.2) is 33.2 Å². The lowest BCUT2D eigenvalue weighted by Gasteiger charge is -2.56. The summed E-state index contributed by atoms with van der Waals surface area (Å²) in [5, 5.41) is 29.9. The summed E-state index contributed by atoms with van der Waals surface area (Å²) in [7, 11) is 0. The van der Waals surface area contributed by atoms with Crippen LogP contribution in [0.15, 0.2) is 12.2 Å². The van der Waals surface area contributed by atoms with Crippen LogP contribution in [0, 0.1) is 34.0 Å². The predicted octanol–water partition coefficient (Wildman–Crippen LogP) is 3.42. The Labute approximate surface area is 153 Å². The molecule has 3 N–H and O–H groups in total. The molecule has 0 unspecified atom stereocenters. The number of carboxylic acid groups (broad SMARTS) is 3. The molecule has 6 atom stereocenters. The first-order valence-corrected chi connectivity index (χ1v) is 9.36. The van der Waals surface area contributed by atoms with Crippen LogP contribution in [0.2, 0.25) is 0 Å². The van der Waals surface area contributed by atoms with Gasteiger partial charge in [0.05, 0.1) is 16.7 Å². The van der Waals surface area contributed by atoms with Crippen LogP contribution in [0.1, 0.15) is 58.8 Å². The molecular formula is C20H28O6. The van der Waals surface area contributed by atoms with E-state index in [0.717, 1.165) is 12.0 Å². The van der Waals surface area contributed by atoms with Crippen molar-refractivity contribution in [1.82, 2.24) is 0 Å². The van der Waals surface area contributed by atoms with Gasteiger partial charge in [0, 0.05) is 0 Å². The summed E-state index contributed by atoms with van der Waals surface area (Å²) in [5.74, 6) is -4.40. The number of fused-ring (bicyclic) bond motifs is 2. The fraction of sp³-hybridized carbons (Fsp3) is 0.750. The Morgan fingerprint density at radius 3 is 2.23 bits per heavy atom. The molecule has 144 valence electrons. The van der Waals surface area contributed by atoms with Gasteiger partial charge in [0.2, 0.25) is 0 Å². The van der Waals surface area contributed by atoms with E-state index in [4.69, 9.17) is 0 Å². The third-order valence-electron chi connectivity index (χ3n) is 7.87. The third kappa shape index (κ3) is 2.33. The summed E-state index contributed by atoms with van der Waals surface area (Å²) in [6.45, 7) is 7.40. The van der Waals surface area contributed by atoms with Crippen molar-refractivity contribution in [3.8, 4) is 0 Å². The average molecular weight is 364 g/mol. The van der Waals surface area contributed by atoms with Gasteiger partial charge in [-0.25, -0.2) is 0 Å². The van der Waals surface area contributed by atoms with Gasteiger partial charge in [0.1, 0.15) is 0 Å². The van der Waals surface area contributed by atoms with Gasteiger partial charge in [-0.05, 0) is 62.7 Å². The van der Waals surface area contributed by atoms with Gasteiger partial charge in [0.25, 0.3) is 0 Å². The Bertz CT molecular complexity index is 684. The molecule has 0 amide bonds. The van der Waals surface area contributed by atoms with Crippen LogP contribution in [0.3, 0.4) is 0 Å². The van der Waals surface area contributed by atoms with Crippen molar-refractivity contribution in [2.24, 2.45) is 34.0 Å². The minimum Gasteiger partial charge on any atom is -0.481 e. The second kappa shape index (κ2) is 5.83. The van der Waals surface area contributed by atoms with E-state index in [-0.39, 0.29) is 11.8 Å². The molecule has 3 aliphatic carbocycles. The summed E-state index contributed by atoms with van der Waals surface area (Å²) in [6, 6.07) is 0. The quantitative estimate of drug-likeness (QED) is 0.659. The number of hydrogen-bond acceptors (Lipinski definition) is 3. The molecule has 0 spiro atoms. The summed E-state index contributed by atoms with van der Waals surface area (Å²) in [4.78, 5) is 36.6. The molecule has 0 radical (unpaired) electrons. The van der Waals surface area contributed by atoms with E-state index in [9.17, 15) is 29.7 Å². The van der Waals surface area contributed by atoms with Gasteiger partial charge in [-0.3, -0.25) is 14.4 Å². The largest absolute Gasteiger partial charge is 0.481 e. The van der Waals surface area contributed by atoms with Gasteiger partial charge < -0.3 is 15.3 Å². The lowest BCUT2D eigenvalue weighted by atomic mass is 9.46. The van der Waals surface area contributed by atoms with Crippen LogP contribution in [0.4, 0.5) is 0 Å². The molecule has 0 saturated heterocycles. The Kier molecular flexibility index (Phi) is 4.24. The molecule has 3 fully saturated rings. The molecular weight excluding hydrogens is 336 g/mol. The van der Waals surface area contributed by atoms with Crippen molar-refractivity contribution in [3.63, 3.8) is 0 Å². The normalized spacial score (nSPS) is 45.3. The van der Waals surface area contributed by atoms with E-state index in [2.05, 4.69) is 6.58 Å². The lowest BCUT2D eigenvalue weighted by molar-refractivity contribution is -0.188. The first-order chi connectivity index (χ1) is 12.0. The van der Waals surface area contributed by atoms with Gasteiger partial charge in [-0.15, -0.1) is 0 Å². The van der Waals surface area contributed by atoms with Crippen molar-refractivity contribution in [3.05, 3.63) is 12.2 Å². The third-order valence-corrected chi connectivity index (χ3v) is 7.87. The molecule has 3 aliphatic rings. The molecule has 2 bridgehead atoms. The number of carbonyl (C=O) groups is 3. The second-order valence-electron chi connectivity index (χ2n) is 9.18. The summed E-state index contributed by atoms with van der Waals surface area (Å²) >= 11 is 0. The van der Waals surface area contributed by atoms with E-state index >= 15 is 0 Å². The standard InChI is InChI=1S/C20H28O6/c1-11-9-20(17(25)26)10-12(11)5-6-13(20)18(2)7-4-8-19(3,16(23)24)14(18)15(21)22/h12-14H,1,4-10H2,2-3H3,(H,21,22)(H,23,24)(H,25,26)/t12-,13+,14+,18+,19-,20+/m1/s1. The number of hydrogen-bond donors (Lipinski definition) is 3. The zero-order valence-corrected chi connectivity index (χ0v) is 15.5. The highest BCUT2D eigenvalue weighted by Gasteiger charge is 2.66. The van der Waals surface area contributed by atoms with Crippen molar-refractivity contribution in [2.45, 2.75) is 58.8 Å². The van der Waals surface area contributed by atoms with Crippen molar-refractivity contribution < 1.29 is 29.7 Å². The molecule has 0 aliphatic heterocycles. The summed E-state index contributed by atoms with van der Waals surface area (Å²) in [6.07, 6.45) is 3.75. The monoisotopic (exact) mass is 364 g/mol. The Hall–Kier alpha value is -1.85. The average Bonchev–Trinajstić information content (AvgIpc) is 2.78. The highest BCUT2D eigenvalue weighted by molar-refractivity contribution is 5.84. The van der Waals surface area contributed by atoms with E-state index in [1.54, 1.807) is 0 Å². The molecule has 6 nitrogen and oxygen atoms in total. The van der Waals surface area contributed by atoms with Crippen LogP contribution in [-0.2, 0) is 14.4 Å². The van der Waals surface area contributed by atoms with E-state index in [1.807, 2.05) is 6.92 Å². The molecule has 26 heavy (non-hydrogen) atoms. The molecule has 3 rings (SSSR count). The van der Waals surface area contributed by atoms with E-state index in [1.165, 1.54) is 6.92 Å². The zero-order valence-electron chi connectivity index (χ0n) is 15.5. The zero-order chi connectivity index (χ0) is 19.5. The lowest BCUT2D eigenvalue weighted by Crippen LogP contribution is -2.58. The number of allylic oxidation sites excluding steroid dienone is 1. The first kappa shape index (κ1) is 18.9. The maximum absolute atomic E-state index is 12.3. The van der Waals surface area contributed by atoms with Crippen LogP contribution in [0.25, 0.3) is 0 Å². The van der Waals surface area contributed by atoms with Gasteiger partial charge in [0.15, 0.2) is 0 Å². The highest BCUT2D eigenvalue weighted by atomic mass is 16.4. The summed E-state index contributed by atoms with van der Waals surface area (Å²) in [5.41, 5.74) is -2.32. The van der Waals surface area contributed by atoms with Gasteiger partial charge in [-0.2, -0.15) is 0 Å². The summed E-state index contributed by atoms with van der Waals surface area (Å²) < 4.78 is 0. The minimum atomic E-state index is -1.38. The number of rotatable bonds is 4. The van der Waals surface area contributed by atoms with Crippen LogP contribution < -0.4 is 0 Å². The SMILES string of the molecule is C=C1C[C@]2(C(=O)O)C[C@H]1CC[C@H]2[C@]1(C)CCC[C@@](C)(C(=O)O)[C@H]1C(=O)O. The first-order valence-electron chi connectivity index (χ1n) is 9.36. The van der Waals surface area contributed by atoms with Crippen molar-refractivity contribution in [2.75, 3.05) is 0 Å². The van der Waals surface area contributed by atoms with Crippen molar-refractivity contribution in [1.29, 1.82) is 0 Å². The second-order valence-corrected chi connectivity index (χ2v) is 9.18. The number of carboxylic acids is 3. The maximum atomic E-state index is 12.3. The van der Waals surface area contributed by atoms with Gasteiger partial charge in [-0.1, -0.05) is 25.5 Å². The van der Waals surface area contributed by atoms with Gasteiger partial charge >= 0.3 is 17.9 Å².